The van der Waals surface area contributed by atoms with Crippen molar-refractivity contribution in [3.63, 3.8) is 0 Å². The molecule has 2 aromatic carbocycles. The van der Waals surface area contributed by atoms with E-state index in [0.717, 1.165) is 29.9 Å². The molecule has 2 heterocycles. The Morgan fingerprint density at radius 3 is 2.77 bits per heavy atom. The van der Waals surface area contributed by atoms with Crippen LogP contribution in [0.15, 0.2) is 58.4 Å². The summed E-state index contributed by atoms with van der Waals surface area (Å²) in [5.41, 5.74) is 5.96. The molecule has 1 aromatic heterocycles. The van der Waals surface area contributed by atoms with Crippen LogP contribution in [-0.4, -0.2) is 22.8 Å². The summed E-state index contributed by atoms with van der Waals surface area (Å²) in [6.45, 7) is 2.21. The van der Waals surface area contributed by atoms with Crippen LogP contribution >= 0.6 is 11.8 Å². The first kappa shape index (κ1) is 19.4. The number of carbonyl (C=O) groups excluding carboxylic acids is 1. The van der Waals surface area contributed by atoms with Crippen LogP contribution in [0.25, 0.3) is 10.8 Å². The first-order valence-electron chi connectivity index (χ1n) is 10.5. The summed E-state index contributed by atoms with van der Waals surface area (Å²) in [6.07, 6.45) is 3.01. The van der Waals surface area contributed by atoms with Crippen LogP contribution in [0.2, 0.25) is 0 Å². The van der Waals surface area contributed by atoms with E-state index in [1.165, 1.54) is 21.9 Å². The van der Waals surface area contributed by atoms with Gasteiger partial charge in [-0.2, -0.15) is 0 Å². The molecule has 1 fully saturated rings. The zero-order valence-corrected chi connectivity index (χ0v) is 17.7. The minimum atomic E-state index is -0.520. The minimum Gasteiger partial charge on any atom is -0.289 e. The highest BCUT2D eigenvalue weighted by atomic mass is 32.2. The zero-order chi connectivity index (χ0) is 20.7. The average molecular weight is 421 g/mol. The van der Waals surface area contributed by atoms with Gasteiger partial charge in [-0.3, -0.25) is 19.0 Å². The molecule has 0 spiro atoms. The number of pyridine rings is 1. The number of aromatic nitrogens is 1. The van der Waals surface area contributed by atoms with Crippen molar-refractivity contribution < 1.29 is 9.63 Å². The highest BCUT2D eigenvalue weighted by molar-refractivity contribution is 7.99. The Labute approximate surface area is 179 Å². The standard InChI is InChI=1S/C24H24N2O3S/c1-2-29-25-23(28)20-14-30-24-22(16-10-11-16)18(13-21(27)26(20)24)12-17-8-5-7-15-6-3-4-9-19(15)17/h3-9,13,16,20H,2,10-12,14H2,1H3,(H,25,28)/t20-/m0/s1. The van der Waals surface area contributed by atoms with E-state index in [4.69, 9.17) is 4.84 Å². The number of amides is 1. The van der Waals surface area contributed by atoms with Gasteiger partial charge in [0, 0.05) is 11.8 Å². The van der Waals surface area contributed by atoms with Crippen molar-refractivity contribution in [2.75, 3.05) is 12.4 Å². The number of rotatable bonds is 6. The summed E-state index contributed by atoms with van der Waals surface area (Å²) in [5.74, 6) is 0.790. The molecule has 5 nitrogen and oxygen atoms in total. The topological polar surface area (TPSA) is 60.3 Å². The predicted molar refractivity (Wildman–Crippen MR) is 119 cm³/mol. The zero-order valence-electron chi connectivity index (χ0n) is 16.9. The van der Waals surface area contributed by atoms with E-state index in [-0.39, 0.29) is 11.5 Å². The monoisotopic (exact) mass is 420 g/mol. The van der Waals surface area contributed by atoms with Crippen LogP contribution in [0.4, 0.5) is 0 Å². The fraction of sp³-hybridized carbons (Fsp3) is 0.333. The minimum absolute atomic E-state index is 0.105. The fourth-order valence-electron chi connectivity index (χ4n) is 4.35. The molecule has 0 saturated heterocycles. The van der Waals surface area contributed by atoms with E-state index in [1.807, 2.05) is 13.0 Å². The van der Waals surface area contributed by atoms with E-state index in [9.17, 15) is 9.59 Å². The Morgan fingerprint density at radius 1 is 1.17 bits per heavy atom. The third-order valence-corrected chi connectivity index (χ3v) is 7.06. The van der Waals surface area contributed by atoms with Gasteiger partial charge >= 0.3 is 0 Å². The summed E-state index contributed by atoms with van der Waals surface area (Å²) in [5, 5.41) is 3.41. The number of fused-ring (bicyclic) bond motifs is 2. The maximum atomic E-state index is 13.1. The number of nitrogens with zero attached hydrogens (tertiary/aromatic N) is 1. The number of hydroxylamine groups is 1. The molecule has 0 radical (unpaired) electrons. The number of thioether (sulfide) groups is 1. The molecule has 5 rings (SSSR count). The third-order valence-electron chi connectivity index (χ3n) is 5.89. The maximum Gasteiger partial charge on any atom is 0.267 e. The highest BCUT2D eigenvalue weighted by Crippen LogP contribution is 2.48. The van der Waals surface area contributed by atoms with Gasteiger partial charge in [-0.15, -0.1) is 11.8 Å². The van der Waals surface area contributed by atoms with Crippen molar-refractivity contribution >= 4 is 28.4 Å². The first-order valence-corrected chi connectivity index (χ1v) is 11.4. The van der Waals surface area contributed by atoms with Gasteiger partial charge in [0.05, 0.1) is 11.6 Å². The van der Waals surface area contributed by atoms with E-state index < -0.39 is 6.04 Å². The SMILES string of the molecule is CCONC(=O)[C@@H]1CSc2c(C3CC3)c(Cc3cccc4ccccc34)cc(=O)n21. The van der Waals surface area contributed by atoms with E-state index >= 15 is 0 Å². The summed E-state index contributed by atoms with van der Waals surface area (Å²) < 4.78 is 1.68. The molecule has 1 saturated carbocycles. The second kappa shape index (κ2) is 7.93. The molecule has 6 heteroatoms. The number of benzene rings is 2. The van der Waals surface area contributed by atoms with E-state index in [2.05, 4.69) is 41.9 Å². The maximum absolute atomic E-state index is 13.1. The predicted octanol–water partition coefficient (Wildman–Crippen LogP) is 4.18. The molecule has 3 aromatic rings. The third kappa shape index (κ3) is 3.44. The molecular weight excluding hydrogens is 396 g/mol. The molecule has 0 bridgehead atoms. The van der Waals surface area contributed by atoms with Gasteiger partial charge in [0.2, 0.25) is 0 Å². The van der Waals surface area contributed by atoms with Crippen molar-refractivity contribution in [1.29, 1.82) is 0 Å². The average Bonchev–Trinajstić information content (AvgIpc) is 3.49. The fourth-order valence-corrected chi connectivity index (χ4v) is 5.78. The highest BCUT2D eigenvalue weighted by Gasteiger charge is 2.37. The van der Waals surface area contributed by atoms with Gasteiger partial charge in [-0.25, -0.2) is 5.48 Å². The summed E-state index contributed by atoms with van der Waals surface area (Å²) in [7, 11) is 0. The molecule has 1 aliphatic heterocycles. The van der Waals surface area contributed by atoms with Crippen molar-refractivity contribution in [3.05, 3.63) is 75.6 Å². The number of hydrogen-bond donors (Lipinski definition) is 1. The van der Waals surface area contributed by atoms with Crippen LogP contribution in [0, 0.1) is 0 Å². The summed E-state index contributed by atoms with van der Waals surface area (Å²) >= 11 is 1.62. The number of carbonyl (C=O) groups is 1. The lowest BCUT2D eigenvalue weighted by atomic mass is 9.95. The van der Waals surface area contributed by atoms with Gasteiger partial charge < -0.3 is 0 Å². The van der Waals surface area contributed by atoms with Crippen LogP contribution in [0.3, 0.4) is 0 Å². The normalized spacial score (nSPS) is 17.8. The van der Waals surface area contributed by atoms with Gasteiger partial charge in [-0.1, -0.05) is 42.5 Å². The van der Waals surface area contributed by atoms with Gasteiger partial charge in [0.1, 0.15) is 6.04 Å². The van der Waals surface area contributed by atoms with Crippen LogP contribution < -0.4 is 11.0 Å². The lowest BCUT2D eigenvalue weighted by Gasteiger charge is -2.18. The Morgan fingerprint density at radius 2 is 1.97 bits per heavy atom. The lowest BCUT2D eigenvalue weighted by molar-refractivity contribution is -0.136. The smallest absolute Gasteiger partial charge is 0.267 e. The number of nitrogens with one attached hydrogen (secondary N) is 1. The van der Waals surface area contributed by atoms with Crippen molar-refractivity contribution in [2.45, 2.75) is 43.2 Å². The largest absolute Gasteiger partial charge is 0.289 e. The van der Waals surface area contributed by atoms with Crippen molar-refractivity contribution in [2.24, 2.45) is 0 Å². The van der Waals surface area contributed by atoms with Crippen LogP contribution in [0.1, 0.15) is 48.4 Å². The van der Waals surface area contributed by atoms with Gasteiger partial charge in [0.25, 0.3) is 11.5 Å². The molecule has 0 unspecified atom stereocenters. The molecule has 1 amide bonds. The Balaban J connectivity index is 1.57. The quantitative estimate of drug-likeness (QED) is 0.608. The van der Waals surface area contributed by atoms with Crippen LogP contribution in [0.5, 0.6) is 0 Å². The Kier molecular flexibility index (Phi) is 5.13. The molecule has 154 valence electrons. The molecule has 1 atom stereocenters. The van der Waals surface area contributed by atoms with Crippen molar-refractivity contribution in [3.8, 4) is 0 Å². The molecule has 1 N–H and O–H groups in total. The van der Waals surface area contributed by atoms with Gasteiger partial charge in [-0.05, 0) is 59.6 Å². The second-order valence-corrected chi connectivity index (χ2v) is 8.92. The Bertz CT molecular complexity index is 1180. The lowest BCUT2D eigenvalue weighted by Crippen LogP contribution is -2.37. The molecule has 2 aliphatic rings. The first-order chi connectivity index (χ1) is 14.7. The van der Waals surface area contributed by atoms with Gasteiger partial charge in [0.15, 0.2) is 0 Å². The van der Waals surface area contributed by atoms with Crippen LogP contribution in [-0.2, 0) is 16.1 Å². The number of hydrogen-bond acceptors (Lipinski definition) is 4. The summed E-state index contributed by atoms with van der Waals surface area (Å²) in [4.78, 5) is 30.7. The molecule has 30 heavy (non-hydrogen) atoms. The Hall–Kier alpha value is -2.57. The summed E-state index contributed by atoms with van der Waals surface area (Å²) in [6, 6.07) is 16.0. The molecule has 1 aliphatic carbocycles. The molecular formula is C24H24N2O3S. The second-order valence-electron chi connectivity index (χ2n) is 7.91. The van der Waals surface area contributed by atoms with E-state index in [1.54, 1.807) is 22.4 Å². The van der Waals surface area contributed by atoms with Crippen molar-refractivity contribution in [1.82, 2.24) is 10.0 Å². The van der Waals surface area contributed by atoms with E-state index in [0.29, 0.717) is 18.3 Å².